The van der Waals surface area contributed by atoms with E-state index in [1.54, 1.807) is 0 Å². The lowest BCUT2D eigenvalue weighted by Crippen LogP contribution is -2.31. The molecule has 0 saturated carbocycles. The first-order valence-corrected chi connectivity index (χ1v) is 10.1. The number of alkyl halides is 1. The Kier molecular flexibility index (Phi) is 25.4. The molecule has 2 N–H and O–H groups in total. The van der Waals surface area contributed by atoms with Crippen LogP contribution >= 0.6 is 0 Å². The molecule has 0 fully saturated rings. The van der Waals surface area contributed by atoms with Gasteiger partial charge in [-0.05, 0) is 6.92 Å². The molecule has 0 aromatic heterocycles. The molecular formula is C19H43FN2O7. The van der Waals surface area contributed by atoms with E-state index in [4.69, 9.17) is 23.7 Å². The van der Waals surface area contributed by atoms with Crippen molar-refractivity contribution in [2.24, 2.45) is 0 Å². The molecule has 0 bridgehead atoms. The topological polar surface area (TPSA) is 104 Å². The van der Waals surface area contributed by atoms with Crippen molar-refractivity contribution in [3.63, 3.8) is 0 Å². The molecule has 0 aromatic carbocycles. The van der Waals surface area contributed by atoms with Crippen LogP contribution in [0.15, 0.2) is 0 Å². The Balaban J connectivity index is -0.000000882. The summed E-state index contributed by atoms with van der Waals surface area (Å²) in [6.45, 7) is 10.7. The highest BCUT2D eigenvalue weighted by atomic mass is 19.1. The lowest BCUT2D eigenvalue weighted by Gasteiger charge is -2.10. The van der Waals surface area contributed by atoms with Crippen molar-refractivity contribution in [2.45, 2.75) is 33.9 Å². The number of amides is 2. The summed E-state index contributed by atoms with van der Waals surface area (Å²) in [6.07, 6.45) is -1.23. The molecule has 0 aromatic rings. The molecule has 1 atom stereocenters. The van der Waals surface area contributed by atoms with Crippen LogP contribution in [-0.2, 0) is 33.3 Å². The highest BCUT2D eigenvalue weighted by molar-refractivity contribution is 5.77. The van der Waals surface area contributed by atoms with E-state index in [1.807, 2.05) is 20.8 Å². The zero-order valence-corrected chi connectivity index (χ0v) is 18.3. The maximum absolute atomic E-state index is 13.2. The SMILES string of the molecule is CC.CCOCC(=O)NCCOCCOCCOCCOCC(F)CNC(C)=O.[HH].[HH]. The van der Waals surface area contributed by atoms with E-state index < -0.39 is 6.17 Å². The molecule has 0 aliphatic heterocycles. The fourth-order valence-electron chi connectivity index (χ4n) is 1.69. The predicted octanol–water partition coefficient (Wildman–Crippen LogP) is 1.20. The second-order valence-electron chi connectivity index (χ2n) is 5.43. The molecule has 0 spiro atoms. The maximum Gasteiger partial charge on any atom is 0.246 e. The second-order valence-corrected chi connectivity index (χ2v) is 5.43. The molecule has 2 amide bonds. The number of carbonyl (C=O) groups is 2. The molecule has 0 aliphatic carbocycles. The highest BCUT2D eigenvalue weighted by Crippen LogP contribution is 1.91. The van der Waals surface area contributed by atoms with Gasteiger partial charge in [-0.1, -0.05) is 13.8 Å². The average molecular weight is 431 g/mol. The van der Waals surface area contributed by atoms with Crippen molar-refractivity contribution in [1.29, 1.82) is 0 Å². The zero-order valence-electron chi connectivity index (χ0n) is 18.3. The Morgan fingerprint density at radius 3 is 1.90 bits per heavy atom. The minimum absolute atomic E-state index is 0. The van der Waals surface area contributed by atoms with Crippen molar-refractivity contribution in [3.05, 3.63) is 0 Å². The van der Waals surface area contributed by atoms with E-state index in [0.29, 0.717) is 52.8 Å². The van der Waals surface area contributed by atoms with Crippen LogP contribution in [0.5, 0.6) is 0 Å². The largest absolute Gasteiger partial charge is 0.377 e. The van der Waals surface area contributed by atoms with Crippen LogP contribution < -0.4 is 10.6 Å². The first-order valence-electron chi connectivity index (χ1n) is 10.1. The molecule has 1 unspecified atom stereocenters. The van der Waals surface area contributed by atoms with Crippen LogP contribution in [0, 0.1) is 0 Å². The van der Waals surface area contributed by atoms with Crippen LogP contribution in [0.3, 0.4) is 0 Å². The quantitative estimate of drug-likeness (QED) is 0.297. The van der Waals surface area contributed by atoms with Crippen LogP contribution in [0.2, 0.25) is 0 Å². The summed E-state index contributed by atoms with van der Waals surface area (Å²) in [5.74, 6) is -0.428. The minimum Gasteiger partial charge on any atom is -0.377 e. The molecule has 0 aliphatic rings. The van der Waals surface area contributed by atoms with Gasteiger partial charge in [-0.15, -0.1) is 0 Å². The minimum atomic E-state index is -1.23. The number of carbonyl (C=O) groups excluding carboxylic acids is 2. The van der Waals surface area contributed by atoms with Crippen LogP contribution in [-0.4, -0.2) is 97.1 Å². The summed E-state index contributed by atoms with van der Waals surface area (Å²) in [5.41, 5.74) is 0. The molecule has 9 nitrogen and oxygen atoms in total. The van der Waals surface area contributed by atoms with Gasteiger partial charge in [0.05, 0.1) is 59.4 Å². The molecule has 10 heteroatoms. The third kappa shape index (κ3) is 26.7. The number of halogens is 1. The fourth-order valence-corrected chi connectivity index (χ4v) is 1.69. The predicted molar refractivity (Wildman–Crippen MR) is 112 cm³/mol. The van der Waals surface area contributed by atoms with Gasteiger partial charge in [0.1, 0.15) is 12.8 Å². The molecule has 0 saturated heterocycles. The van der Waals surface area contributed by atoms with Crippen molar-refractivity contribution < 1.29 is 40.5 Å². The van der Waals surface area contributed by atoms with E-state index >= 15 is 0 Å². The lowest BCUT2D eigenvalue weighted by molar-refractivity contribution is -0.125. The second kappa shape index (κ2) is 24.7. The van der Waals surface area contributed by atoms with Gasteiger partial charge in [0.2, 0.25) is 11.8 Å². The van der Waals surface area contributed by atoms with Crippen LogP contribution in [0.25, 0.3) is 0 Å². The van der Waals surface area contributed by atoms with Crippen LogP contribution in [0.4, 0.5) is 4.39 Å². The van der Waals surface area contributed by atoms with Crippen molar-refractivity contribution >= 4 is 11.8 Å². The number of hydrogen-bond donors (Lipinski definition) is 2. The summed E-state index contributed by atoms with van der Waals surface area (Å²) in [6, 6.07) is 0. The van der Waals surface area contributed by atoms with Gasteiger partial charge in [0.15, 0.2) is 0 Å². The Labute approximate surface area is 176 Å². The summed E-state index contributed by atoms with van der Waals surface area (Å²) in [5, 5.41) is 5.05. The smallest absolute Gasteiger partial charge is 0.246 e. The third-order valence-electron chi connectivity index (χ3n) is 2.99. The molecule has 0 rings (SSSR count). The fraction of sp³-hybridized carbons (Fsp3) is 0.895. The number of rotatable bonds is 19. The Morgan fingerprint density at radius 2 is 1.38 bits per heavy atom. The summed E-state index contributed by atoms with van der Waals surface area (Å²) in [4.78, 5) is 21.8. The van der Waals surface area contributed by atoms with Gasteiger partial charge in [0, 0.05) is 22.9 Å². The van der Waals surface area contributed by atoms with Gasteiger partial charge in [-0.3, -0.25) is 9.59 Å². The van der Waals surface area contributed by atoms with Gasteiger partial charge < -0.3 is 34.3 Å². The van der Waals surface area contributed by atoms with E-state index in [2.05, 4.69) is 10.6 Å². The molecule has 178 valence electrons. The number of hydrogen-bond acceptors (Lipinski definition) is 7. The maximum atomic E-state index is 13.2. The molecular weight excluding hydrogens is 387 g/mol. The van der Waals surface area contributed by atoms with E-state index in [0.717, 1.165) is 0 Å². The van der Waals surface area contributed by atoms with Crippen LogP contribution in [0.1, 0.15) is 30.5 Å². The van der Waals surface area contributed by atoms with Gasteiger partial charge in [-0.25, -0.2) is 4.39 Å². The first kappa shape index (κ1) is 29.9. The van der Waals surface area contributed by atoms with E-state index in [1.165, 1.54) is 6.92 Å². The third-order valence-corrected chi connectivity index (χ3v) is 2.99. The monoisotopic (exact) mass is 430 g/mol. The average Bonchev–Trinajstić information content (AvgIpc) is 2.72. The van der Waals surface area contributed by atoms with Crippen molar-refractivity contribution in [3.8, 4) is 0 Å². The van der Waals surface area contributed by atoms with Gasteiger partial charge in [-0.2, -0.15) is 0 Å². The number of nitrogens with one attached hydrogen (secondary N) is 2. The zero-order chi connectivity index (χ0) is 22.2. The Morgan fingerprint density at radius 1 is 0.862 bits per heavy atom. The molecule has 0 heterocycles. The Hall–Kier alpha value is -1.33. The van der Waals surface area contributed by atoms with E-state index in [9.17, 15) is 14.0 Å². The summed E-state index contributed by atoms with van der Waals surface area (Å²) >= 11 is 0. The van der Waals surface area contributed by atoms with Gasteiger partial charge >= 0.3 is 0 Å². The highest BCUT2D eigenvalue weighted by Gasteiger charge is 2.06. The van der Waals surface area contributed by atoms with Crippen molar-refractivity contribution in [1.82, 2.24) is 10.6 Å². The number of ether oxygens (including phenoxy) is 5. The normalized spacial score (nSPS) is 11.3. The standard InChI is InChI=1S/C17H33FN2O7.C2H6.2H2/c1-3-23-14-17(22)19-4-5-24-6-7-25-8-9-26-10-11-27-13-16(18)12-20-15(2)21;1-2;;/h16H,3-14H2,1-2H3,(H,19,22)(H,20,21);1-2H3;2*1H. The van der Waals surface area contributed by atoms with Gasteiger partial charge in [0.25, 0.3) is 0 Å². The summed E-state index contributed by atoms with van der Waals surface area (Å²) in [7, 11) is 0. The van der Waals surface area contributed by atoms with Crippen molar-refractivity contribution in [2.75, 3.05) is 79.2 Å². The lowest BCUT2D eigenvalue weighted by atomic mass is 10.4. The summed E-state index contributed by atoms with van der Waals surface area (Å²) < 4.78 is 39.2. The molecule has 0 radical (unpaired) electrons. The molecule has 29 heavy (non-hydrogen) atoms. The first-order chi connectivity index (χ1) is 14.1. The van der Waals surface area contributed by atoms with E-state index in [-0.39, 0.29) is 41.0 Å². The Bertz CT molecular complexity index is 387.